The van der Waals surface area contributed by atoms with Gasteiger partial charge in [0.2, 0.25) is 14.8 Å². The van der Waals surface area contributed by atoms with Crippen LogP contribution in [0.5, 0.6) is 0 Å². The van der Waals surface area contributed by atoms with Crippen LogP contribution in [-0.2, 0) is 6.42 Å². The van der Waals surface area contributed by atoms with Crippen LogP contribution in [0, 0.1) is 0 Å². The molecule has 0 unspecified atom stereocenters. The standard InChI is InChI=1S/C25H40B2N2/c1-18(2)28(19(3)4)26-24-13-9-22(10-14-24)17-23-11-15-25(16-12-23)27-29(20(5)6)21(7)8/h9-16,18-21,26-27H,17H2,1-8H3. The minimum absolute atomic E-state index is 0.565. The first-order valence-corrected chi connectivity index (χ1v) is 11.3. The molecule has 0 saturated heterocycles. The van der Waals surface area contributed by atoms with E-state index in [4.69, 9.17) is 0 Å². The van der Waals surface area contributed by atoms with Gasteiger partial charge in [-0.25, -0.2) is 0 Å². The smallest absolute Gasteiger partial charge is 0.239 e. The number of benzene rings is 2. The van der Waals surface area contributed by atoms with Crippen molar-refractivity contribution in [2.24, 2.45) is 0 Å². The van der Waals surface area contributed by atoms with Gasteiger partial charge < -0.3 is 9.62 Å². The van der Waals surface area contributed by atoms with Crippen LogP contribution in [0.4, 0.5) is 0 Å². The second-order valence-electron chi connectivity index (χ2n) is 9.53. The Kier molecular flexibility index (Phi) is 9.04. The number of nitrogens with zero attached hydrogens (tertiary/aromatic N) is 2. The quantitative estimate of drug-likeness (QED) is 0.574. The summed E-state index contributed by atoms with van der Waals surface area (Å²) in [6.07, 6.45) is 0.997. The van der Waals surface area contributed by atoms with E-state index in [2.05, 4.69) is 114 Å². The average Bonchev–Trinajstić information content (AvgIpc) is 2.65. The fourth-order valence-electron chi connectivity index (χ4n) is 4.11. The summed E-state index contributed by atoms with van der Waals surface area (Å²) in [7, 11) is 2.04. The molecule has 2 aromatic rings. The van der Waals surface area contributed by atoms with Gasteiger partial charge in [-0.1, -0.05) is 115 Å². The van der Waals surface area contributed by atoms with Crippen molar-refractivity contribution in [3.8, 4) is 0 Å². The molecule has 2 nitrogen and oxygen atoms in total. The molecule has 0 aliphatic carbocycles. The van der Waals surface area contributed by atoms with Crippen LogP contribution >= 0.6 is 0 Å². The van der Waals surface area contributed by atoms with E-state index >= 15 is 0 Å². The van der Waals surface area contributed by atoms with Crippen molar-refractivity contribution >= 4 is 25.8 Å². The van der Waals surface area contributed by atoms with Gasteiger partial charge in [0.1, 0.15) is 0 Å². The van der Waals surface area contributed by atoms with Crippen LogP contribution in [0.15, 0.2) is 48.5 Å². The summed E-state index contributed by atoms with van der Waals surface area (Å²) in [5, 5.41) is 0. The van der Waals surface area contributed by atoms with Crippen LogP contribution < -0.4 is 10.9 Å². The summed E-state index contributed by atoms with van der Waals surface area (Å²) in [5.41, 5.74) is 5.56. The molecular weight excluding hydrogens is 350 g/mol. The van der Waals surface area contributed by atoms with E-state index in [1.165, 1.54) is 22.1 Å². The lowest BCUT2D eigenvalue weighted by Gasteiger charge is -2.30. The monoisotopic (exact) mass is 390 g/mol. The molecule has 156 valence electrons. The molecule has 0 bridgehead atoms. The first-order valence-electron chi connectivity index (χ1n) is 11.3. The van der Waals surface area contributed by atoms with E-state index in [9.17, 15) is 0 Å². The highest BCUT2D eigenvalue weighted by atomic mass is 15.1. The fraction of sp³-hybridized carbons (Fsp3) is 0.520. The molecule has 29 heavy (non-hydrogen) atoms. The highest BCUT2D eigenvalue weighted by molar-refractivity contribution is 6.51. The summed E-state index contributed by atoms with van der Waals surface area (Å²) in [6.45, 7) is 18.2. The zero-order valence-corrected chi connectivity index (χ0v) is 19.9. The number of hydrogen-bond donors (Lipinski definition) is 0. The van der Waals surface area contributed by atoms with E-state index in [-0.39, 0.29) is 0 Å². The third-order valence-electron chi connectivity index (χ3n) is 5.84. The summed E-state index contributed by atoms with van der Waals surface area (Å²) in [6, 6.07) is 20.6. The molecule has 0 radical (unpaired) electrons. The maximum absolute atomic E-state index is 2.53. The van der Waals surface area contributed by atoms with Crippen LogP contribution in [0.3, 0.4) is 0 Å². The summed E-state index contributed by atoms with van der Waals surface area (Å²) in [4.78, 5) is 5.07. The van der Waals surface area contributed by atoms with E-state index in [0.717, 1.165) is 21.2 Å². The Bertz CT molecular complexity index is 642. The van der Waals surface area contributed by atoms with Gasteiger partial charge >= 0.3 is 0 Å². The van der Waals surface area contributed by atoms with Crippen LogP contribution in [-0.4, -0.2) is 48.6 Å². The predicted octanol–water partition coefficient (Wildman–Crippen LogP) is 3.47. The maximum atomic E-state index is 2.53. The third kappa shape index (κ3) is 7.35. The van der Waals surface area contributed by atoms with Crippen molar-refractivity contribution in [2.45, 2.75) is 86.0 Å². The molecule has 0 fully saturated rings. The number of rotatable bonds is 10. The second kappa shape index (κ2) is 11.0. The van der Waals surface area contributed by atoms with Crippen molar-refractivity contribution in [3.05, 3.63) is 59.7 Å². The molecule has 0 atom stereocenters. The molecule has 0 N–H and O–H groups in total. The average molecular weight is 390 g/mol. The summed E-state index contributed by atoms with van der Waals surface area (Å²) < 4.78 is 0. The maximum Gasteiger partial charge on any atom is 0.239 e. The molecular formula is C25H40B2N2. The minimum atomic E-state index is 0.565. The van der Waals surface area contributed by atoms with Crippen LogP contribution in [0.2, 0.25) is 0 Å². The molecule has 2 rings (SSSR count). The van der Waals surface area contributed by atoms with Gasteiger partial charge in [-0.15, -0.1) is 0 Å². The molecule has 2 aromatic carbocycles. The Morgan fingerprint density at radius 2 is 0.793 bits per heavy atom. The Labute approximate surface area is 181 Å². The van der Waals surface area contributed by atoms with Crippen LogP contribution in [0.1, 0.15) is 66.5 Å². The Hall–Kier alpha value is -1.51. The second-order valence-corrected chi connectivity index (χ2v) is 9.53. The van der Waals surface area contributed by atoms with E-state index in [1.54, 1.807) is 0 Å². The van der Waals surface area contributed by atoms with Gasteiger partial charge in [-0.2, -0.15) is 0 Å². The van der Waals surface area contributed by atoms with Crippen molar-refractivity contribution in [1.82, 2.24) is 9.62 Å². The largest absolute Gasteiger partial charge is 0.337 e. The van der Waals surface area contributed by atoms with Crippen molar-refractivity contribution in [2.75, 3.05) is 0 Å². The molecule has 0 amide bonds. The molecule has 0 spiro atoms. The van der Waals surface area contributed by atoms with Gasteiger partial charge in [-0.05, 0) is 41.7 Å². The Morgan fingerprint density at radius 1 is 0.517 bits per heavy atom. The van der Waals surface area contributed by atoms with Crippen molar-refractivity contribution in [3.63, 3.8) is 0 Å². The minimum Gasteiger partial charge on any atom is -0.337 e. The number of hydrogen-bond acceptors (Lipinski definition) is 2. The zero-order chi connectivity index (χ0) is 21.6. The molecule has 0 heterocycles. The van der Waals surface area contributed by atoms with Gasteiger partial charge in [0.15, 0.2) is 0 Å². The molecule has 0 aliphatic heterocycles. The molecule has 4 heteroatoms. The molecule has 0 saturated carbocycles. The lowest BCUT2D eigenvalue weighted by Crippen LogP contribution is -2.45. The van der Waals surface area contributed by atoms with E-state index in [1.807, 2.05) is 0 Å². The first kappa shape index (κ1) is 23.8. The molecule has 0 aromatic heterocycles. The zero-order valence-electron chi connectivity index (χ0n) is 19.9. The highest BCUT2D eigenvalue weighted by Crippen LogP contribution is 2.09. The molecule has 0 aliphatic rings. The summed E-state index contributed by atoms with van der Waals surface area (Å²) in [5.74, 6) is 0. The topological polar surface area (TPSA) is 6.48 Å². The fourth-order valence-corrected chi connectivity index (χ4v) is 4.11. The van der Waals surface area contributed by atoms with E-state index in [0.29, 0.717) is 24.2 Å². The summed E-state index contributed by atoms with van der Waals surface area (Å²) >= 11 is 0. The highest BCUT2D eigenvalue weighted by Gasteiger charge is 2.16. The van der Waals surface area contributed by atoms with Gasteiger partial charge in [0.25, 0.3) is 0 Å². The van der Waals surface area contributed by atoms with E-state index < -0.39 is 0 Å². The normalized spacial score (nSPS) is 12.1. The Morgan fingerprint density at radius 3 is 1.03 bits per heavy atom. The van der Waals surface area contributed by atoms with Crippen molar-refractivity contribution in [1.29, 1.82) is 0 Å². The van der Waals surface area contributed by atoms with Crippen molar-refractivity contribution < 1.29 is 0 Å². The lowest BCUT2D eigenvalue weighted by atomic mass is 9.77. The van der Waals surface area contributed by atoms with Gasteiger partial charge in [0.05, 0.1) is 0 Å². The Balaban J connectivity index is 1.98. The first-order chi connectivity index (χ1) is 13.7. The van der Waals surface area contributed by atoms with Gasteiger partial charge in [0, 0.05) is 0 Å². The van der Waals surface area contributed by atoms with Gasteiger partial charge in [-0.3, -0.25) is 0 Å². The SMILES string of the molecule is CC(C)N(Bc1ccc(Cc2ccc(BN(C(C)C)C(C)C)cc2)cc1)C(C)C. The lowest BCUT2D eigenvalue weighted by molar-refractivity contribution is 0.315. The predicted molar refractivity (Wildman–Crippen MR) is 133 cm³/mol. The third-order valence-corrected chi connectivity index (χ3v) is 5.84. The van der Waals surface area contributed by atoms with Crippen LogP contribution in [0.25, 0.3) is 0 Å².